The molecule has 0 saturated carbocycles. The minimum atomic E-state index is -0.295. The van der Waals surface area contributed by atoms with Gasteiger partial charge in [0, 0.05) is 37.9 Å². The number of amides is 3. The van der Waals surface area contributed by atoms with Crippen LogP contribution in [-0.2, 0) is 11.4 Å². The standard InChI is InChI=1S/C26H27FN4O3/c1-30(23-7-9-24(10-8-23)34-18-19-4-2-5-21(27)16-19)25(32)20-11-14-31(15-12-20)26(33)29-22-6-3-13-28-17-22/h2-10,13,16-17,20H,11-12,14-15,18H2,1H3,(H,29,33). The first-order valence-corrected chi connectivity index (χ1v) is 11.2. The molecule has 1 aliphatic rings. The Kier molecular flexibility index (Phi) is 7.37. The fraction of sp³-hybridized carbons (Fsp3) is 0.269. The molecule has 2 aromatic carbocycles. The fourth-order valence-corrected chi connectivity index (χ4v) is 3.93. The normalized spacial score (nSPS) is 13.9. The average Bonchev–Trinajstić information content (AvgIpc) is 2.87. The predicted octanol–water partition coefficient (Wildman–Crippen LogP) is 4.71. The lowest BCUT2D eigenvalue weighted by Crippen LogP contribution is -2.45. The number of aromatic nitrogens is 1. The molecule has 0 aliphatic carbocycles. The molecule has 0 spiro atoms. The monoisotopic (exact) mass is 462 g/mol. The molecule has 8 heteroatoms. The summed E-state index contributed by atoms with van der Waals surface area (Å²) in [6.45, 7) is 1.30. The molecule has 1 fully saturated rings. The summed E-state index contributed by atoms with van der Waals surface area (Å²) in [4.78, 5) is 32.8. The van der Waals surface area contributed by atoms with E-state index in [4.69, 9.17) is 4.74 Å². The number of pyridine rings is 1. The van der Waals surface area contributed by atoms with E-state index in [1.807, 2.05) is 12.1 Å². The van der Waals surface area contributed by atoms with Gasteiger partial charge in [0.05, 0.1) is 11.9 Å². The van der Waals surface area contributed by atoms with Gasteiger partial charge in [0.15, 0.2) is 0 Å². The smallest absolute Gasteiger partial charge is 0.321 e. The number of halogens is 1. The highest BCUT2D eigenvalue weighted by Gasteiger charge is 2.29. The number of rotatable bonds is 6. The van der Waals surface area contributed by atoms with Crippen molar-refractivity contribution in [2.75, 3.05) is 30.4 Å². The summed E-state index contributed by atoms with van der Waals surface area (Å²) in [5, 5.41) is 2.83. The third-order valence-corrected chi connectivity index (χ3v) is 5.89. The number of ether oxygens (including phenoxy) is 1. The van der Waals surface area contributed by atoms with Crippen LogP contribution in [0.1, 0.15) is 18.4 Å². The molecule has 0 unspecified atom stereocenters. The first kappa shape index (κ1) is 23.2. The number of benzene rings is 2. The number of carbonyl (C=O) groups excluding carboxylic acids is 2. The number of piperidine rings is 1. The molecular formula is C26H27FN4O3. The summed E-state index contributed by atoms with van der Waals surface area (Å²) in [5.41, 5.74) is 2.16. The van der Waals surface area contributed by atoms with Crippen molar-refractivity contribution >= 4 is 23.3 Å². The van der Waals surface area contributed by atoms with Gasteiger partial charge in [0.2, 0.25) is 5.91 Å². The van der Waals surface area contributed by atoms with Crippen LogP contribution in [0.5, 0.6) is 5.75 Å². The molecule has 0 bridgehead atoms. The van der Waals surface area contributed by atoms with Gasteiger partial charge in [-0.05, 0) is 66.9 Å². The summed E-state index contributed by atoms with van der Waals surface area (Å²) >= 11 is 0. The molecule has 1 N–H and O–H groups in total. The highest BCUT2D eigenvalue weighted by molar-refractivity contribution is 5.95. The van der Waals surface area contributed by atoms with Crippen LogP contribution in [0.4, 0.5) is 20.6 Å². The summed E-state index contributed by atoms with van der Waals surface area (Å²) in [5.74, 6) is 0.232. The molecule has 1 aromatic heterocycles. The summed E-state index contributed by atoms with van der Waals surface area (Å²) in [6, 6.07) is 16.9. The van der Waals surface area contributed by atoms with Crippen LogP contribution >= 0.6 is 0 Å². The predicted molar refractivity (Wildman–Crippen MR) is 128 cm³/mol. The maximum absolute atomic E-state index is 13.3. The van der Waals surface area contributed by atoms with Crippen molar-refractivity contribution < 1.29 is 18.7 Å². The van der Waals surface area contributed by atoms with Gasteiger partial charge in [-0.25, -0.2) is 9.18 Å². The Labute approximate surface area is 198 Å². The van der Waals surface area contributed by atoms with Crippen LogP contribution < -0.4 is 15.0 Å². The number of carbonyl (C=O) groups is 2. The van der Waals surface area contributed by atoms with Crippen molar-refractivity contribution in [1.29, 1.82) is 0 Å². The maximum atomic E-state index is 13.3. The van der Waals surface area contributed by atoms with Gasteiger partial charge in [-0.15, -0.1) is 0 Å². The second kappa shape index (κ2) is 10.8. The van der Waals surface area contributed by atoms with Crippen LogP contribution in [0.25, 0.3) is 0 Å². The lowest BCUT2D eigenvalue weighted by molar-refractivity contribution is -0.123. The van der Waals surface area contributed by atoms with Crippen molar-refractivity contribution in [2.45, 2.75) is 19.4 Å². The molecule has 1 saturated heterocycles. The summed E-state index contributed by atoms with van der Waals surface area (Å²) in [6.07, 6.45) is 4.47. The average molecular weight is 463 g/mol. The van der Waals surface area contributed by atoms with Gasteiger partial charge >= 0.3 is 6.03 Å². The topological polar surface area (TPSA) is 74.8 Å². The zero-order chi connectivity index (χ0) is 23.9. The van der Waals surface area contributed by atoms with E-state index in [9.17, 15) is 14.0 Å². The van der Waals surface area contributed by atoms with Crippen LogP contribution in [0.15, 0.2) is 73.1 Å². The molecule has 3 aromatic rings. The number of hydrogen-bond donors (Lipinski definition) is 1. The molecule has 0 radical (unpaired) electrons. The molecule has 7 nitrogen and oxygen atoms in total. The van der Waals surface area contributed by atoms with Gasteiger partial charge in [0.25, 0.3) is 0 Å². The molecular weight excluding hydrogens is 435 g/mol. The quantitative estimate of drug-likeness (QED) is 0.576. The van der Waals surface area contributed by atoms with Crippen molar-refractivity contribution in [3.63, 3.8) is 0 Å². The van der Waals surface area contributed by atoms with E-state index in [0.717, 1.165) is 11.3 Å². The number of urea groups is 1. The van der Waals surface area contributed by atoms with Crippen LogP contribution in [0, 0.1) is 11.7 Å². The van der Waals surface area contributed by atoms with Crippen LogP contribution in [0.2, 0.25) is 0 Å². The third kappa shape index (κ3) is 5.89. The first-order valence-electron chi connectivity index (χ1n) is 11.2. The Bertz CT molecular complexity index is 1120. The zero-order valence-corrected chi connectivity index (χ0v) is 19.0. The fourth-order valence-electron chi connectivity index (χ4n) is 3.93. The minimum Gasteiger partial charge on any atom is -0.489 e. The first-order chi connectivity index (χ1) is 16.5. The molecule has 176 valence electrons. The van der Waals surface area contributed by atoms with Crippen molar-refractivity contribution in [3.05, 3.63) is 84.4 Å². The Hall–Kier alpha value is -3.94. The number of hydrogen-bond acceptors (Lipinski definition) is 4. The van der Waals surface area contributed by atoms with E-state index < -0.39 is 0 Å². The summed E-state index contributed by atoms with van der Waals surface area (Å²) < 4.78 is 19.0. The second-order valence-electron chi connectivity index (χ2n) is 8.24. The van der Waals surface area contributed by atoms with E-state index in [1.54, 1.807) is 65.6 Å². The van der Waals surface area contributed by atoms with Gasteiger partial charge in [-0.2, -0.15) is 0 Å². The maximum Gasteiger partial charge on any atom is 0.321 e. The van der Waals surface area contributed by atoms with E-state index in [-0.39, 0.29) is 30.3 Å². The van der Waals surface area contributed by atoms with Gasteiger partial charge < -0.3 is 19.9 Å². The van der Waals surface area contributed by atoms with E-state index in [2.05, 4.69) is 10.3 Å². The van der Waals surface area contributed by atoms with E-state index >= 15 is 0 Å². The Morgan fingerprint density at radius 3 is 2.56 bits per heavy atom. The van der Waals surface area contributed by atoms with Crippen molar-refractivity contribution in [3.8, 4) is 5.75 Å². The summed E-state index contributed by atoms with van der Waals surface area (Å²) in [7, 11) is 1.76. The number of nitrogens with one attached hydrogen (secondary N) is 1. The van der Waals surface area contributed by atoms with Crippen LogP contribution in [0.3, 0.4) is 0 Å². The molecule has 4 rings (SSSR count). The van der Waals surface area contributed by atoms with Gasteiger partial charge in [0.1, 0.15) is 18.2 Å². The van der Waals surface area contributed by atoms with E-state index in [0.29, 0.717) is 37.4 Å². The highest BCUT2D eigenvalue weighted by Crippen LogP contribution is 2.25. The molecule has 0 atom stereocenters. The van der Waals surface area contributed by atoms with Crippen molar-refractivity contribution in [2.24, 2.45) is 5.92 Å². The molecule has 3 amide bonds. The SMILES string of the molecule is CN(C(=O)C1CCN(C(=O)Nc2cccnc2)CC1)c1ccc(OCc2cccc(F)c2)cc1. The number of anilines is 2. The number of nitrogens with zero attached hydrogens (tertiary/aromatic N) is 3. The molecule has 34 heavy (non-hydrogen) atoms. The zero-order valence-electron chi connectivity index (χ0n) is 19.0. The molecule has 2 heterocycles. The molecule has 1 aliphatic heterocycles. The van der Waals surface area contributed by atoms with E-state index in [1.165, 1.54) is 12.1 Å². The lowest BCUT2D eigenvalue weighted by atomic mass is 9.95. The third-order valence-electron chi connectivity index (χ3n) is 5.89. The Balaban J connectivity index is 1.26. The lowest BCUT2D eigenvalue weighted by Gasteiger charge is -2.33. The van der Waals surface area contributed by atoms with Gasteiger partial charge in [-0.3, -0.25) is 9.78 Å². The Morgan fingerprint density at radius 1 is 1.12 bits per heavy atom. The number of likely N-dealkylation sites (tertiary alicyclic amines) is 1. The minimum absolute atomic E-state index is 0.0285. The highest BCUT2D eigenvalue weighted by atomic mass is 19.1. The second-order valence-corrected chi connectivity index (χ2v) is 8.24. The van der Waals surface area contributed by atoms with Crippen molar-refractivity contribution in [1.82, 2.24) is 9.88 Å². The van der Waals surface area contributed by atoms with Gasteiger partial charge in [-0.1, -0.05) is 12.1 Å². The van der Waals surface area contributed by atoms with Crippen LogP contribution in [-0.4, -0.2) is 42.0 Å². The Morgan fingerprint density at radius 2 is 1.88 bits per heavy atom. The largest absolute Gasteiger partial charge is 0.489 e.